The zero-order valence-electron chi connectivity index (χ0n) is 12.3. The maximum Gasteiger partial charge on any atom is 0.233 e. The topological polar surface area (TPSA) is 81.2 Å². The molecule has 0 aliphatic rings. The highest BCUT2D eigenvalue weighted by atomic mass is 35.5. The van der Waals surface area contributed by atoms with E-state index in [0.29, 0.717) is 16.4 Å². The summed E-state index contributed by atoms with van der Waals surface area (Å²) in [5.41, 5.74) is 0. The summed E-state index contributed by atoms with van der Waals surface area (Å²) in [5.74, 6) is 0. The molecule has 130 valence electrons. The summed E-state index contributed by atoms with van der Waals surface area (Å²) in [5, 5.41) is -0.119. The lowest BCUT2D eigenvalue weighted by Crippen LogP contribution is -2.05. The van der Waals surface area contributed by atoms with Crippen molar-refractivity contribution in [3.63, 3.8) is 0 Å². The van der Waals surface area contributed by atoms with Gasteiger partial charge in [-0.15, -0.1) is 0 Å². The molecule has 0 aliphatic carbocycles. The van der Waals surface area contributed by atoms with Crippen LogP contribution < -0.4 is 0 Å². The Hall–Kier alpha value is -1.45. The minimum absolute atomic E-state index is 0.0101. The summed E-state index contributed by atoms with van der Waals surface area (Å²) in [7, 11) is -8.02. The number of thiazole rings is 1. The second-order valence-corrected chi connectivity index (χ2v) is 10.9. The summed E-state index contributed by atoms with van der Waals surface area (Å²) in [4.78, 5) is 3.74. The first kappa shape index (κ1) is 18.3. The molecule has 0 bridgehead atoms. The molecule has 0 spiro atoms. The van der Waals surface area contributed by atoms with E-state index in [4.69, 9.17) is 23.2 Å². The molecule has 0 N–H and O–H groups in total. The fourth-order valence-corrected chi connectivity index (χ4v) is 6.85. The summed E-state index contributed by atoms with van der Waals surface area (Å²) in [6.07, 6.45) is 0. The van der Waals surface area contributed by atoms with Crippen LogP contribution in [0.4, 0.5) is 0 Å². The summed E-state index contributed by atoms with van der Waals surface area (Å²) < 4.78 is 49.9. The molecule has 5 nitrogen and oxygen atoms in total. The molecule has 0 saturated carbocycles. The molecule has 25 heavy (non-hydrogen) atoms. The lowest BCUT2D eigenvalue weighted by molar-refractivity contribution is 0.589. The van der Waals surface area contributed by atoms with Gasteiger partial charge in [0.1, 0.15) is 4.34 Å². The van der Waals surface area contributed by atoms with Crippen LogP contribution in [0.3, 0.4) is 0 Å². The van der Waals surface area contributed by atoms with E-state index in [1.807, 2.05) is 0 Å². The number of sulfone groups is 2. The Morgan fingerprint density at radius 2 is 1.32 bits per heavy atom. The molecule has 3 aromatic rings. The Morgan fingerprint density at radius 1 is 0.760 bits per heavy atom. The molecule has 3 rings (SSSR count). The molecule has 2 aromatic carbocycles. The number of nitrogens with zero attached hydrogens (tertiary/aromatic N) is 1. The quantitative estimate of drug-likeness (QED) is 0.617. The van der Waals surface area contributed by atoms with Crippen molar-refractivity contribution in [1.82, 2.24) is 4.98 Å². The van der Waals surface area contributed by atoms with Gasteiger partial charge in [-0.3, -0.25) is 0 Å². The van der Waals surface area contributed by atoms with Crippen LogP contribution in [-0.4, -0.2) is 21.8 Å². The van der Waals surface area contributed by atoms with Crippen molar-refractivity contribution in [2.45, 2.75) is 19.2 Å². The van der Waals surface area contributed by atoms with Gasteiger partial charge in [0.25, 0.3) is 0 Å². The molecule has 0 radical (unpaired) electrons. The number of benzene rings is 2. The molecule has 0 aliphatic heterocycles. The molecular weight excluding hydrogens is 425 g/mol. The van der Waals surface area contributed by atoms with E-state index in [0.717, 1.165) is 0 Å². The average molecular weight is 434 g/mol. The minimum atomic E-state index is -4.06. The Bertz CT molecular complexity index is 1120. The third kappa shape index (κ3) is 3.45. The number of hydrogen-bond donors (Lipinski definition) is 0. The maximum absolute atomic E-state index is 12.7. The SMILES string of the molecule is O=S(=O)(c1ccccc1)c1nc(S(=O)(=O)c2ccc(Cl)cc2)c(Cl)s1. The predicted octanol–water partition coefficient (Wildman–Crippen LogP) is 4.12. The van der Waals surface area contributed by atoms with Crippen molar-refractivity contribution in [2.24, 2.45) is 0 Å². The van der Waals surface area contributed by atoms with Crippen LogP contribution in [0, 0.1) is 0 Å². The van der Waals surface area contributed by atoms with Crippen LogP contribution in [0.1, 0.15) is 0 Å². The van der Waals surface area contributed by atoms with Gasteiger partial charge in [0.15, 0.2) is 5.03 Å². The highest BCUT2D eigenvalue weighted by molar-refractivity contribution is 7.94. The van der Waals surface area contributed by atoms with Gasteiger partial charge >= 0.3 is 0 Å². The second-order valence-electron chi connectivity index (χ2n) is 4.83. The van der Waals surface area contributed by atoms with Gasteiger partial charge in [0, 0.05) is 5.02 Å². The zero-order valence-corrected chi connectivity index (χ0v) is 16.2. The minimum Gasteiger partial charge on any atom is -0.217 e. The van der Waals surface area contributed by atoms with Crippen molar-refractivity contribution in [2.75, 3.05) is 0 Å². The highest BCUT2D eigenvalue weighted by Gasteiger charge is 2.30. The van der Waals surface area contributed by atoms with Crippen molar-refractivity contribution in [3.05, 3.63) is 64.0 Å². The molecule has 0 fully saturated rings. The first-order valence-corrected chi connectivity index (χ1v) is 11.2. The van der Waals surface area contributed by atoms with Gasteiger partial charge < -0.3 is 0 Å². The Morgan fingerprint density at radius 3 is 1.92 bits per heavy atom. The van der Waals surface area contributed by atoms with Crippen molar-refractivity contribution < 1.29 is 16.8 Å². The average Bonchev–Trinajstić information content (AvgIpc) is 2.99. The maximum atomic E-state index is 12.7. The third-order valence-corrected chi connectivity index (χ3v) is 8.79. The molecule has 0 atom stereocenters. The van der Waals surface area contributed by atoms with Crippen LogP contribution in [0.5, 0.6) is 0 Å². The van der Waals surface area contributed by atoms with Crippen molar-refractivity contribution >= 4 is 54.2 Å². The van der Waals surface area contributed by atoms with Crippen LogP contribution in [-0.2, 0) is 19.7 Å². The lowest BCUT2D eigenvalue weighted by atomic mass is 10.4. The van der Waals surface area contributed by atoms with E-state index in [1.54, 1.807) is 18.2 Å². The van der Waals surface area contributed by atoms with E-state index in [9.17, 15) is 16.8 Å². The van der Waals surface area contributed by atoms with Gasteiger partial charge in [-0.25, -0.2) is 21.8 Å². The zero-order chi connectivity index (χ0) is 18.2. The Kier molecular flexibility index (Phi) is 4.91. The highest BCUT2D eigenvalue weighted by Crippen LogP contribution is 2.36. The largest absolute Gasteiger partial charge is 0.233 e. The first-order chi connectivity index (χ1) is 11.7. The smallest absolute Gasteiger partial charge is 0.217 e. The molecular formula is C15H9Cl2NO4S3. The lowest BCUT2D eigenvalue weighted by Gasteiger charge is -2.02. The summed E-state index contributed by atoms with van der Waals surface area (Å²) >= 11 is 12.3. The first-order valence-electron chi connectivity index (χ1n) is 6.70. The number of hydrogen-bond acceptors (Lipinski definition) is 6. The molecule has 10 heteroatoms. The number of rotatable bonds is 4. The third-order valence-electron chi connectivity index (χ3n) is 3.20. The van der Waals surface area contributed by atoms with E-state index in [-0.39, 0.29) is 18.5 Å². The molecule has 0 amide bonds. The Balaban J connectivity index is 2.11. The van der Waals surface area contributed by atoms with E-state index in [2.05, 4.69) is 4.98 Å². The van der Waals surface area contributed by atoms with Crippen molar-refractivity contribution in [3.8, 4) is 0 Å². The number of aromatic nitrogens is 1. The predicted molar refractivity (Wildman–Crippen MR) is 95.9 cm³/mol. The van der Waals surface area contributed by atoms with Gasteiger partial charge in [-0.05, 0) is 36.4 Å². The second kappa shape index (κ2) is 6.69. The number of halogens is 2. The van der Waals surface area contributed by atoms with Crippen LogP contribution >= 0.6 is 34.5 Å². The normalized spacial score (nSPS) is 12.2. The van der Waals surface area contributed by atoms with Gasteiger partial charge in [-0.2, -0.15) is 0 Å². The standard InChI is InChI=1S/C15H9Cl2NO4S3/c16-10-6-8-12(9-7-10)24(19,20)14-13(17)23-15(18-14)25(21,22)11-4-2-1-3-5-11/h1-9H. The van der Waals surface area contributed by atoms with E-state index >= 15 is 0 Å². The molecule has 0 unspecified atom stereocenters. The van der Waals surface area contributed by atoms with E-state index in [1.165, 1.54) is 36.4 Å². The summed E-state index contributed by atoms with van der Waals surface area (Å²) in [6.45, 7) is 0. The van der Waals surface area contributed by atoms with Gasteiger partial charge in [0.05, 0.1) is 9.79 Å². The van der Waals surface area contributed by atoms with Crippen LogP contribution in [0.15, 0.2) is 73.8 Å². The fourth-order valence-electron chi connectivity index (χ4n) is 1.98. The van der Waals surface area contributed by atoms with Gasteiger partial charge in [-0.1, -0.05) is 52.7 Å². The summed E-state index contributed by atoms with van der Waals surface area (Å²) in [6, 6.07) is 13.0. The molecule has 1 heterocycles. The van der Waals surface area contributed by atoms with Crippen LogP contribution in [0.2, 0.25) is 9.36 Å². The Labute approximate surface area is 158 Å². The van der Waals surface area contributed by atoms with Gasteiger partial charge in [0.2, 0.25) is 24.0 Å². The molecule has 1 aromatic heterocycles. The van der Waals surface area contributed by atoms with E-state index < -0.39 is 24.7 Å². The fraction of sp³-hybridized carbons (Fsp3) is 0. The van der Waals surface area contributed by atoms with Crippen molar-refractivity contribution in [1.29, 1.82) is 0 Å². The molecule has 0 saturated heterocycles. The monoisotopic (exact) mass is 433 g/mol. The van der Waals surface area contributed by atoms with Crippen LogP contribution in [0.25, 0.3) is 0 Å².